The van der Waals surface area contributed by atoms with Crippen LogP contribution >= 0.6 is 0 Å². The average Bonchev–Trinajstić information content (AvgIpc) is 3.23. The number of nitrogens with one attached hydrogen (secondary N) is 1. The number of hydrogen-bond acceptors (Lipinski definition) is 7. The number of hydrogen-bond donors (Lipinski definition) is 1. The van der Waals surface area contributed by atoms with E-state index in [1.165, 1.54) is 0 Å². The number of likely N-dealkylation sites (N-methyl/N-ethyl adjacent to an activating group) is 1. The SMILES string of the molecule is CNCCOc1ccc(-c2cc(N3CCC4(CN(C)C4)C3)c3cc(F)c(N(C)C)cc3n2)cn1. The Bertz CT molecular complexity index is 1180. The van der Waals surface area contributed by atoms with Crippen LogP contribution in [0.2, 0.25) is 0 Å². The van der Waals surface area contributed by atoms with Gasteiger partial charge >= 0.3 is 0 Å². The van der Waals surface area contributed by atoms with E-state index >= 15 is 0 Å². The summed E-state index contributed by atoms with van der Waals surface area (Å²) in [6.07, 6.45) is 2.96. The van der Waals surface area contributed by atoms with E-state index in [1.54, 1.807) is 17.2 Å². The van der Waals surface area contributed by atoms with Crippen molar-refractivity contribution >= 4 is 22.3 Å². The molecule has 2 fully saturated rings. The molecule has 2 saturated heterocycles. The number of ether oxygens (including phenoxy) is 1. The molecule has 2 aliphatic rings. The van der Waals surface area contributed by atoms with Gasteiger partial charge in [0.25, 0.3) is 0 Å². The summed E-state index contributed by atoms with van der Waals surface area (Å²) in [4.78, 5) is 16.0. The molecule has 0 radical (unpaired) electrons. The molecule has 8 heteroatoms. The Balaban J connectivity index is 1.54. The van der Waals surface area contributed by atoms with Crippen LogP contribution in [-0.2, 0) is 0 Å². The van der Waals surface area contributed by atoms with Crippen LogP contribution in [0.5, 0.6) is 5.88 Å². The molecule has 1 spiro atoms. The number of pyridine rings is 2. The van der Waals surface area contributed by atoms with Crippen molar-refractivity contribution in [3.8, 4) is 17.1 Å². The Morgan fingerprint density at radius 1 is 1.18 bits per heavy atom. The summed E-state index contributed by atoms with van der Waals surface area (Å²) < 4.78 is 20.7. The lowest BCUT2D eigenvalue weighted by Crippen LogP contribution is -2.55. The molecule has 34 heavy (non-hydrogen) atoms. The topological polar surface area (TPSA) is 56.8 Å². The zero-order valence-corrected chi connectivity index (χ0v) is 20.4. The minimum atomic E-state index is -0.227. The third kappa shape index (κ3) is 4.28. The Morgan fingerprint density at radius 2 is 2.00 bits per heavy atom. The Kier molecular flexibility index (Phi) is 6.04. The first-order valence-electron chi connectivity index (χ1n) is 11.9. The first-order valence-corrected chi connectivity index (χ1v) is 11.9. The van der Waals surface area contributed by atoms with Crippen LogP contribution in [0.1, 0.15) is 6.42 Å². The number of fused-ring (bicyclic) bond motifs is 1. The Morgan fingerprint density at radius 3 is 2.68 bits per heavy atom. The molecule has 2 aromatic heterocycles. The third-order valence-electron chi connectivity index (χ3n) is 6.96. The van der Waals surface area contributed by atoms with Crippen LogP contribution in [-0.4, -0.2) is 82.4 Å². The van der Waals surface area contributed by atoms with Crippen molar-refractivity contribution in [1.82, 2.24) is 20.2 Å². The second kappa shape index (κ2) is 9.00. The molecular formula is C26H33FN6O. The van der Waals surface area contributed by atoms with E-state index in [4.69, 9.17) is 9.72 Å². The van der Waals surface area contributed by atoms with Gasteiger partial charge in [0, 0.05) is 81.1 Å². The highest BCUT2D eigenvalue weighted by Crippen LogP contribution is 2.43. The number of likely N-dealkylation sites (tertiary alicyclic amines) is 1. The highest BCUT2D eigenvalue weighted by Gasteiger charge is 2.46. The Hall–Kier alpha value is -2.97. The second-order valence-corrected chi connectivity index (χ2v) is 9.92. The molecule has 0 aliphatic carbocycles. The Labute approximate surface area is 200 Å². The summed E-state index contributed by atoms with van der Waals surface area (Å²) >= 11 is 0. The van der Waals surface area contributed by atoms with Gasteiger partial charge in [-0.2, -0.15) is 0 Å². The van der Waals surface area contributed by atoms with E-state index in [1.807, 2.05) is 39.3 Å². The predicted octanol–water partition coefficient (Wildman–Crippen LogP) is 3.24. The smallest absolute Gasteiger partial charge is 0.213 e. The summed E-state index contributed by atoms with van der Waals surface area (Å²) in [6, 6.07) is 9.45. The van der Waals surface area contributed by atoms with Crippen molar-refractivity contribution in [3.63, 3.8) is 0 Å². The van der Waals surface area contributed by atoms with Crippen molar-refractivity contribution in [2.24, 2.45) is 5.41 Å². The van der Waals surface area contributed by atoms with Crippen LogP contribution < -0.4 is 19.9 Å². The maximum absolute atomic E-state index is 15.0. The lowest BCUT2D eigenvalue weighted by Gasteiger charge is -2.46. The standard InChI is InChI=1S/C26H33FN6O/c1-28-8-10-34-25-6-5-18(14-29-25)21-12-23(33-9-7-26(17-33)15-32(4)16-26)19-11-20(27)24(31(2)3)13-22(19)30-21/h5-6,11-14,28H,7-10,15-17H2,1-4H3. The van der Waals surface area contributed by atoms with Crippen LogP contribution in [0, 0.1) is 11.2 Å². The first kappa shape index (κ1) is 22.8. The highest BCUT2D eigenvalue weighted by molar-refractivity contribution is 5.96. The van der Waals surface area contributed by atoms with Crippen molar-refractivity contribution < 1.29 is 9.13 Å². The molecule has 3 aromatic rings. The average molecular weight is 465 g/mol. The number of halogens is 1. The van der Waals surface area contributed by atoms with Gasteiger partial charge in [-0.05, 0) is 44.8 Å². The third-order valence-corrected chi connectivity index (χ3v) is 6.96. The second-order valence-electron chi connectivity index (χ2n) is 9.92. The molecule has 5 rings (SSSR count). The van der Waals surface area contributed by atoms with Crippen molar-refractivity contribution in [2.45, 2.75) is 6.42 Å². The summed E-state index contributed by atoms with van der Waals surface area (Å²) in [7, 11) is 7.76. The molecular weight excluding hydrogens is 431 g/mol. The molecule has 180 valence electrons. The number of nitrogens with zero attached hydrogens (tertiary/aromatic N) is 5. The number of aromatic nitrogens is 2. The van der Waals surface area contributed by atoms with Gasteiger partial charge in [-0.25, -0.2) is 14.4 Å². The fourth-order valence-electron chi connectivity index (χ4n) is 5.34. The quantitative estimate of drug-likeness (QED) is 0.539. The molecule has 2 aliphatic heterocycles. The van der Waals surface area contributed by atoms with Gasteiger partial charge in [-0.1, -0.05) is 0 Å². The summed E-state index contributed by atoms with van der Waals surface area (Å²) in [5, 5.41) is 3.92. The molecule has 1 N–H and O–H groups in total. The normalized spacial score (nSPS) is 17.4. The van der Waals surface area contributed by atoms with Crippen LogP contribution in [0.3, 0.4) is 0 Å². The van der Waals surface area contributed by atoms with E-state index in [0.29, 0.717) is 23.6 Å². The summed E-state index contributed by atoms with van der Waals surface area (Å²) in [5.41, 5.74) is 4.47. The van der Waals surface area contributed by atoms with Gasteiger partial charge in [0.15, 0.2) is 0 Å². The van der Waals surface area contributed by atoms with Crippen molar-refractivity contribution in [2.75, 3.05) is 77.3 Å². The predicted molar refractivity (Wildman–Crippen MR) is 135 cm³/mol. The van der Waals surface area contributed by atoms with Gasteiger partial charge in [-0.3, -0.25) is 0 Å². The van der Waals surface area contributed by atoms with Crippen molar-refractivity contribution in [3.05, 3.63) is 42.3 Å². The molecule has 0 unspecified atom stereocenters. The van der Waals surface area contributed by atoms with E-state index in [2.05, 4.69) is 33.2 Å². The molecule has 7 nitrogen and oxygen atoms in total. The van der Waals surface area contributed by atoms with E-state index in [-0.39, 0.29) is 5.82 Å². The van der Waals surface area contributed by atoms with Gasteiger partial charge < -0.3 is 24.8 Å². The number of anilines is 2. The van der Waals surface area contributed by atoms with E-state index in [0.717, 1.165) is 67.0 Å². The fraction of sp³-hybridized carbons (Fsp3) is 0.462. The maximum atomic E-state index is 15.0. The summed E-state index contributed by atoms with van der Waals surface area (Å²) in [6.45, 7) is 5.53. The lowest BCUT2D eigenvalue weighted by atomic mass is 9.79. The summed E-state index contributed by atoms with van der Waals surface area (Å²) in [5.74, 6) is 0.364. The first-order chi connectivity index (χ1) is 16.4. The monoisotopic (exact) mass is 464 g/mol. The number of rotatable bonds is 7. The van der Waals surface area contributed by atoms with Crippen LogP contribution in [0.15, 0.2) is 36.5 Å². The maximum Gasteiger partial charge on any atom is 0.213 e. The van der Waals surface area contributed by atoms with Crippen LogP contribution in [0.25, 0.3) is 22.2 Å². The lowest BCUT2D eigenvalue weighted by molar-refractivity contribution is 0.0424. The van der Waals surface area contributed by atoms with Gasteiger partial charge in [-0.15, -0.1) is 0 Å². The van der Waals surface area contributed by atoms with E-state index in [9.17, 15) is 4.39 Å². The zero-order valence-electron chi connectivity index (χ0n) is 20.4. The molecule has 1 aromatic carbocycles. The molecule has 0 atom stereocenters. The minimum Gasteiger partial charge on any atom is -0.476 e. The minimum absolute atomic E-state index is 0.227. The zero-order chi connectivity index (χ0) is 23.9. The van der Waals surface area contributed by atoms with Gasteiger partial charge in [0.1, 0.15) is 12.4 Å². The van der Waals surface area contributed by atoms with E-state index < -0.39 is 0 Å². The fourth-order valence-corrected chi connectivity index (χ4v) is 5.34. The van der Waals surface area contributed by atoms with Gasteiger partial charge in [0.05, 0.1) is 16.9 Å². The molecule has 4 heterocycles. The van der Waals surface area contributed by atoms with Crippen molar-refractivity contribution in [1.29, 1.82) is 0 Å². The molecule has 0 amide bonds. The largest absolute Gasteiger partial charge is 0.476 e. The molecule has 0 saturated carbocycles. The number of benzene rings is 1. The highest BCUT2D eigenvalue weighted by atomic mass is 19.1. The van der Waals surface area contributed by atoms with Gasteiger partial charge in [0.2, 0.25) is 5.88 Å². The molecule has 0 bridgehead atoms. The van der Waals surface area contributed by atoms with Crippen LogP contribution in [0.4, 0.5) is 15.8 Å².